The fourth-order valence-corrected chi connectivity index (χ4v) is 3.06. The van der Waals surface area contributed by atoms with Crippen LogP contribution in [-0.4, -0.2) is 27.8 Å². The van der Waals surface area contributed by atoms with Crippen LogP contribution in [0.25, 0.3) is 0 Å². The number of rotatable bonds is 4. The molecule has 100 valence electrons. The quantitative estimate of drug-likeness (QED) is 0.899. The molecule has 0 saturated heterocycles. The Balaban J connectivity index is 2.58. The predicted octanol–water partition coefficient (Wildman–Crippen LogP) is 1.48. The molecule has 2 N–H and O–H groups in total. The highest BCUT2D eigenvalue weighted by Crippen LogP contribution is 2.53. The SMILES string of the molecule is COc1ccc(S(C)(=O)=O)cc1C1(C(C)N)CC1. The summed E-state index contributed by atoms with van der Waals surface area (Å²) in [6.45, 7) is 1.96. The lowest BCUT2D eigenvalue weighted by Gasteiger charge is -2.23. The molecule has 0 bridgehead atoms. The van der Waals surface area contributed by atoms with Gasteiger partial charge in [-0.1, -0.05) is 0 Å². The summed E-state index contributed by atoms with van der Waals surface area (Å²) in [4.78, 5) is 0.324. The molecule has 0 aliphatic heterocycles. The van der Waals surface area contributed by atoms with Crippen molar-refractivity contribution in [1.29, 1.82) is 0 Å². The largest absolute Gasteiger partial charge is 0.496 e. The van der Waals surface area contributed by atoms with E-state index in [1.807, 2.05) is 6.92 Å². The van der Waals surface area contributed by atoms with Gasteiger partial charge in [-0.3, -0.25) is 0 Å². The second-order valence-corrected chi connectivity index (χ2v) is 7.09. The maximum Gasteiger partial charge on any atom is 0.175 e. The van der Waals surface area contributed by atoms with Gasteiger partial charge in [-0.25, -0.2) is 8.42 Å². The zero-order valence-corrected chi connectivity index (χ0v) is 11.8. The molecule has 0 spiro atoms. The highest BCUT2D eigenvalue weighted by Gasteiger charge is 2.49. The van der Waals surface area contributed by atoms with Gasteiger partial charge in [-0.05, 0) is 38.0 Å². The van der Waals surface area contributed by atoms with Crippen molar-refractivity contribution in [3.8, 4) is 5.75 Å². The van der Waals surface area contributed by atoms with Crippen LogP contribution in [0.1, 0.15) is 25.3 Å². The van der Waals surface area contributed by atoms with E-state index in [1.54, 1.807) is 25.3 Å². The summed E-state index contributed by atoms with van der Waals surface area (Å²) in [6, 6.07) is 4.99. The Bertz CT molecular complexity index is 560. The molecule has 4 nitrogen and oxygen atoms in total. The number of ether oxygens (including phenoxy) is 1. The van der Waals surface area contributed by atoms with Crippen molar-refractivity contribution >= 4 is 9.84 Å². The minimum atomic E-state index is -3.20. The van der Waals surface area contributed by atoms with Gasteiger partial charge in [-0.2, -0.15) is 0 Å². The molecule has 0 radical (unpaired) electrons. The molecule has 0 amide bonds. The molecule has 1 saturated carbocycles. The van der Waals surface area contributed by atoms with Gasteiger partial charge in [-0.15, -0.1) is 0 Å². The van der Waals surface area contributed by atoms with Crippen LogP contribution < -0.4 is 10.5 Å². The van der Waals surface area contributed by atoms with Crippen LogP contribution in [0.4, 0.5) is 0 Å². The lowest BCUT2D eigenvalue weighted by atomic mass is 9.89. The Labute approximate surface area is 108 Å². The van der Waals surface area contributed by atoms with Crippen molar-refractivity contribution in [2.45, 2.75) is 36.1 Å². The normalized spacial score (nSPS) is 19.3. The maximum absolute atomic E-state index is 11.6. The Morgan fingerprint density at radius 2 is 2.00 bits per heavy atom. The summed E-state index contributed by atoms with van der Waals surface area (Å²) in [6.07, 6.45) is 3.17. The molecule has 1 aliphatic carbocycles. The smallest absolute Gasteiger partial charge is 0.175 e. The second kappa shape index (κ2) is 4.24. The Kier molecular flexibility index (Phi) is 3.15. The maximum atomic E-state index is 11.6. The minimum Gasteiger partial charge on any atom is -0.496 e. The van der Waals surface area contributed by atoms with Gasteiger partial charge < -0.3 is 10.5 Å². The fraction of sp³-hybridized carbons (Fsp3) is 0.538. The van der Waals surface area contributed by atoms with Gasteiger partial charge in [0.15, 0.2) is 9.84 Å². The number of benzene rings is 1. The first-order valence-corrected chi connectivity index (χ1v) is 7.84. The molecule has 0 heterocycles. The first kappa shape index (κ1) is 13.4. The Hall–Kier alpha value is -1.07. The zero-order valence-electron chi connectivity index (χ0n) is 10.9. The van der Waals surface area contributed by atoms with Crippen LogP contribution in [0.5, 0.6) is 5.75 Å². The van der Waals surface area contributed by atoms with Crippen molar-refractivity contribution in [2.24, 2.45) is 5.73 Å². The predicted molar refractivity (Wildman–Crippen MR) is 70.7 cm³/mol. The molecule has 5 heteroatoms. The summed E-state index contributed by atoms with van der Waals surface area (Å²) in [7, 11) is -1.61. The lowest BCUT2D eigenvalue weighted by Crippen LogP contribution is -2.32. The van der Waals surface area contributed by atoms with E-state index in [1.165, 1.54) is 6.26 Å². The lowest BCUT2D eigenvalue weighted by molar-refractivity contribution is 0.398. The summed E-state index contributed by atoms with van der Waals surface area (Å²) in [5.41, 5.74) is 6.84. The number of hydrogen-bond acceptors (Lipinski definition) is 4. The second-order valence-electron chi connectivity index (χ2n) is 5.08. The van der Waals surface area contributed by atoms with E-state index in [9.17, 15) is 8.42 Å². The van der Waals surface area contributed by atoms with E-state index in [-0.39, 0.29) is 11.5 Å². The third kappa shape index (κ3) is 2.12. The highest BCUT2D eigenvalue weighted by molar-refractivity contribution is 7.90. The molecule has 18 heavy (non-hydrogen) atoms. The van der Waals surface area contributed by atoms with Gasteiger partial charge in [0.25, 0.3) is 0 Å². The summed E-state index contributed by atoms with van der Waals surface area (Å²) < 4.78 is 28.6. The van der Waals surface area contributed by atoms with E-state index >= 15 is 0 Å². The standard InChI is InChI=1S/C13H19NO3S/c1-9(14)13(6-7-13)11-8-10(18(3,15)16)4-5-12(11)17-2/h4-5,8-9H,6-7,14H2,1-3H3. The zero-order chi connectivity index (χ0) is 13.6. The molecular weight excluding hydrogens is 250 g/mol. The number of sulfone groups is 1. The van der Waals surface area contributed by atoms with Crippen LogP contribution in [0.15, 0.2) is 23.1 Å². The Morgan fingerprint density at radius 3 is 2.39 bits per heavy atom. The van der Waals surface area contributed by atoms with Gasteiger partial charge in [0.2, 0.25) is 0 Å². The van der Waals surface area contributed by atoms with Crippen LogP contribution in [0.3, 0.4) is 0 Å². The molecule has 1 fully saturated rings. The Morgan fingerprint density at radius 1 is 1.39 bits per heavy atom. The fourth-order valence-electron chi connectivity index (χ4n) is 2.41. The molecule has 0 aromatic heterocycles. The highest BCUT2D eigenvalue weighted by atomic mass is 32.2. The van der Waals surface area contributed by atoms with E-state index in [2.05, 4.69) is 0 Å². The number of hydrogen-bond donors (Lipinski definition) is 1. The van der Waals surface area contributed by atoms with Gasteiger partial charge >= 0.3 is 0 Å². The molecular formula is C13H19NO3S. The van der Waals surface area contributed by atoms with Gasteiger partial charge in [0.1, 0.15) is 5.75 Å². The summed E-state index contributed by atoms with van der Waals surface area (Å²) in [5.74, 6) is 0.720. The van der Waals surface area contributed by atoms with Gasteiger partial charge in [0.05, 0.1) is 12.0 Å². The topological polar surface area (TPSA) is 69.4 Å². The molecule has 1 aromatic rings. The average Bonchev–Trinajstić information content (AvgIpc) is 3.08. The number of nitrogens with two attached hydrogens (primary N) is 1. The van der Waals surface area contributed by atoms with Crippen LogP contribution in [0, 0.1) is 0 Å². The monoisotopic (exact) mass is 269 g/mol. The van der Waals surface area contributed by atoms with Gasteiger partial charge in [0, 0.05) is 23.3 Å². The van der Waals surface area contributed by atoms with Crippen molar-refractivity contribution in [3.63, 3.8) is 0 Å². The molecule has 1 atom stereocenters. The first-order chi connectivity index (χ1) is 8.31. The minimum absolute atomic E-state index is 0.0128. The first-order valence-electron chi connectivity index (χ1n) is 5.95. The van der Waals surface area contributed by atoms with E-state index in [0.717, 1.165) is 24.2 Å². The van der Waals surface area contributed by atoms with E-state index in [0.29, 0.717) is 4.90 Å². The molecule has 2 rings (SSSR count). The van der Waals surface area contributed by atoms with Crippen LogP contribution in [0.2, 0.25) is 0 Å². The van der Waals surface area contributed by atoms with Crippen molar-refractivity contribution < 1.29 is 13.2 Å². The van der Waals surface area contributed by atoms with E-state index < -0.39 is 9.84 Å². The van der Waals surface area contributed by atoms with Crippen molar-refractivity contribution in [1.82, 2.24) is 0 Å². The molecule has 1 unspecified atom stereocenters. The molecule has 1 aliphatic rings. The average molecular weight is 269 g/mol. The van der Waals surface area contributed by atoms with Crippen LogP contribution >= 0.6 is 0 Å². The van der Waals surface area contributed by atoms with Crippen molar-refractivity contribution in [3.05, 3.63) is 23.8 Å². The van der Waals surface area contributed by atoms with E-state index in [4.69, 9.17) is 10.5 Å². The van der Waals surface area contributed by atoms with Crippen molar-refractivity contribution in [2.75, 3.05) is 13.4 Å². The number of methoxy groups -OCH3 is 1. The molecule has 1 aromatic carbocycles. The summed E-state index contributed by atoms with van der Waals surface area (Å²) in [5, 5.41) is 0. The summed E-state index contributed by atoms with van der Waals surface area (Å²) >= 11 is 0. The van der Waals surface area contributed by atoms with Crippen LogP contribution in [-0.2, 0) is 15.3 Å². The third-order valence-corrected chi connectivity index (χ3v) is 4.91. The third-order valence-electron chi connectivity index (χ3n) is 3.80.